The van der Waals surface area contributed by atoms with E-state index < -0.39 is 6.10 Å². The van der Waals surface area contributed by atoms with Crippen LogP contribution in [-0.2, 0) is 4.79 Å². The minimum atomic E-state index is -0.600. The highest BCUT2D eigenvalue weighted by molar-refractivity contribution is 5.77. The smallest absolute Gasteiger partial charge is 0.220 e. The van der Waals surface area contributed by atoms with Crippen molar-refractivity contribution in [2.75, 3.05) is 13.1 Å². The van der Waals surface area contributed by atoms with E-state index in [9.17, 15) is 9.90 Å². The van der Waals surface area contributed by atoms with Gasteiger partial charge in [0.25, 0.3) is 0 Å². The van der Waals surface area contributed by atoms with E-state index in [1.165, 1.54) is 0 Å². The molecule has 5 heteroatoms. The van der Waals surface area contributed by atoms with Crippen LogP contribution in [0.1, 0.15) is 31.1 Å². The van der Waals surface area contributed by atoms with E-state index in [4.69, 9.17) is 4.42 Å². The van der Waals surface area contributed by atoms with E-state index in [0.717, 1.165) is 19.4 Å². The predicted octanol–water partition coefficient (Wildman–Crippen LogP) is 0.817. The van der Waals surface area contributed by atoms with Gasteiger partial charge in [0.05, 0.1) is 6.26 Å². The van der Waals surface area contributed by atoms with E-state index in [0.29, 0.717) is 36.6 Å². The summed E-state index contributed by atoms with van der Waals surface area (Å²) in [6, 6.07) is 3.95. The molecular formula is C14H20N2O3. The van der Waals surface area contributed by atoms with Gasteiger partial charge in [0.2, 0.25) is 5.91 Å². The van der Waals surface area contributed by atoms with Crippen LogP contribution in [0.3, 0.4) is 0 Å². The molecule has 0 aromatic carbocycles. The molecule has 4 atom stereocenters. The van der Waals surface area contributed by atoms with Gasteiger partial charge in [-0.25, -0.2) is 0 Å². The number of fused-ring (bicyclic) bond motifs is 1. The van der Waals surface area contributed by atoms with Crippen LogP contribution in [0.25, 0.3) is 0 Å². The maximum atomic E-state index is 11.3. The fourth-order valence-electron chi connectivity index (χ4n) is 3.29. The van der Waals surface area contributed by atoms with Crippen LogP contribution in [0.2, 0.25) is 0 Å². The van der Waals surface area contributed by atoms with Crippen molar-refractivity contribution >= 4 is 5.91 Å². The van der Waals surface area contributed by atoms with E-state index in [2.05, 4.69) is 10.6 Å². The molecule has 2 fully saturated rings. The van der Waals surface area contributed by atoms with Crippen molar-refractivity contribution in [2.24, 2.45) is 11.8 Å². The molecule has 3 rings (SSSR count). The number of aliphatic hydroxyl groups excluding tert-OH is 1. The molecule has 1 aromatic heterocycles. The van der Waals surface area contributed by atoms with Crippen molar-refractivity contribution < 1.29 is 14.3 Å². The Kier molecular flexibility index (Phi) is 3.57. The maximum Gasteiger partial charge on any atom is 0.220 e. The highest BCUT2D eigenvalue weighted by Crippen LogP contribution is 2.36. The van der Waals surface area contributed by atoms with Gasteiger partial charge in [-0.05, 0) is 36.8 Å². The molecule has 104 valence electrons. The zero-order chi connectivity index (χ0) is 13.2. The molecule has 2 aliphatic rings. The van der Waals surface area contributed by atoms with Gasteiger partial charge in [-0.15, -0.1) is 0 Å². The van der Waals surface area contributed by atoms with Crippen molar-refractivity contribution in [1.82, 2.24) is 10.6 Å². The third-order valence-electron chi connectivity index (χ3n) is 4.32. The first-order valence-corrected chi connectivity index (χ1v) is 6.94. The van der Waals surface area contributed by atoms with Crippen molar-refractivity contribution in [2.45, 2.75) is 31.4 Å². The van der Waals surface area contributed by atoms with E-state index in [1.807, 2.05) is 0 Å². The summed E-state index contributed by atoms with van der Waals surface area (Å²) in [6.07, 6.45) is 3.74. The fraction of sp³-hybridized carbons (Fsp3) is 0.643. The van der Waals surface area contributed by atoms with Crippen LogP contribution in [0, 0.1) is 11.8 Å². The van der Waals surface area contributed by atoms with Gasteiger partial charge >= 0.3 is 0 Å². The number of nitrogens with one attached hydrogen (secondary N) is 2. The van der Waals surface area contributed by atoms with Gasteiger partial charge in [-0.3, -0.25) is 4.79 Å². The van der Waals surface area contributed by atoms with Crippen LogP contribution < -0.4 is 10.6 Å². The summed E-state index contributed by atoms with van der Waals surface area (Å²) in [5, 5.41) is 16.3. The summed E-state index contributed by atoms with van der Waals surface area (Å²) < 4.78 is 5.17. The molecule has 2 unspecified atom stereocenters. The molecule has 1 aliphatic heterocycles. The predicted molar refractivity (Wildman–Crippen MR) is 69.3 cm³/mol. The highest BCUT2D eigenvalue weighted by atomic mass is 16.4. The number of aliphatic hydroxyl groups is 1. The lowest BCUT2D eigenvalue weighted by molar-refractivity contribution is -0.124. The van der Waals surface area contributed by atoms with E-state index >= 15 is 0 Å². The van der Waals surface area contributed by atoms with Gasteiger partial charge in [0.15, 0.2) is 0 Å². The number of hydrogen-bond acceptors (Lipinski definition) is 4. The minimum Gasteiger partial charge on any atom is -0.467 e. The number of carbonyl (C=O) groups is 1. The Labute approximate surface area is 112 Å². The lowest BCUT2D eigenvalue weighted by Gasteiger charge is -2.24. The SMILES string of the molecule is O=C1C[C@@H]2CC(NCC(O)c3ccco3)C[C@@H]2CN1. The Bertz CT molecular complexity index is 432. The molecule has 3 N–H and O–H groups in total. The molecule has 1 saturated carbocycles. The summed E-state index contributed by atoms with van der Waals surface area (Å²) in [5.41, 5.74) is 0. The molecule has 19 heavy (non-hydrogen) atoms. The monoisotopic (exact) mass is 264 g/mol. The summed E-state index contributed by atoms with van der Waals surface area (Å²) in [4.78, 5) is 11.3. The first-order valence-electron chi connectivity index (χ1n) is 6.94. The van der Waals surface area contributed by atoms with E-state index in [1.54, 1.807) is 18.4 Å². The Balaban J connectivity index is 1.48. The molecular weight excluding hydrogens is 244 g/mol. The molecule has 0 spiro atoms. The van der Waals surface area contributed by atoms with Gasteiger partial charge in [0.1, 0.15) is 11.9 Å². The Hall–Kier alpha value is -1.33. The molecule has 5 nitrogen and oxygen atoms in total. The normalized spacial score (nSPS) is 31.8. The number of amides is 1. The van der Waals surface area contributed by atoms with Gasteiger partial charge in [0, 0.05) is 25.6 Å². The summed E-state index contributed by atoms with van der Waals surface area (Å²) >= 11 is 0. The fourth-order valence-corrected chi connectivity index (χ4v) is 3.29. The number of hydrogen-bond donors (Lipinski definition) is 3. The van der Waals surface area contributed by atoms with Crippen molar-refractivity contribution in [3.63, 3.8) is 0 Å². The molecule has 2 heterocycles. The van der Waals surface area contributed by atoms with Crippen molar-refractivity contribution in [3.05, 3.63) is 24.2 Å². The first kappa shape index (κ1) is 12.7. The minimum absolute atomic E-state index is 0.178. The molecule has 1 saturated heterocycles. The number of piperidine rings is 1. The van der Waals surface area contributed by atoms with Crippen LogP contribution in [0.4, 0.5) is 0 Å². The van der Waals surface area contributed by atoms with Crippen LogP contribution >= 0.6 is 0 Å². The highest BCUT2D eigenvalue weighted by Gasteiger charge is 2.38. The molecule has 1 aliphatic carbocycles. The largest absolute Gasteiger partial charge is 0.467 e. The summed E-state index contributed by atoms with van der Waals surface area (Å²) in [5.74, 6) is 1.88. The Morgan fingerprint density at radius 1 is 1.47 bits per heavy atom. The lowest BCUT2D eigenvalue weighted by Crippen LogP contribution is -2.38. The maximum absolute atomic E-state index is 11.3. The second kappa shape index (κ2) is 5.35. The van der Waals surface area contributed by atoms with Crippen molar-refractivity contribution in [3.8, 4) is 0 Å². The van der Waals surface area contributed by atoms with Crippen LogP contribution in [-0.4, -0.2) is 30.1 Å². The summed E-state index contributed by atoms with van der Waals surface area (Å²) in [7, 11) is 0. The van der Waals surface area contributed by atoms with Gasteiger partial charge in [-0.2, -0.15) is 0 Å². The number of furan rings is 1. The molecule has 1 aromatic rings. The average Bonchev–Trinajstić information content (AvgIpc) is 3.04. The van der Waals surface area contributed by atoms with Gasteiger partial charge in [-0.1, -0.05) is 0 Å². The average molecular weight is 264 g/mol. The quantitative estimate of drug-likeness (QED) is 0.752. The number of carbonyl (C=O) groups excluding carboxylic acids is 1. The Morgan fingerprint density at radius 3 is 3.11 bits per heavy atom. The van der Waals surface area contributed by atoms with E-state index in [-0.39, 0.29) is 5.91 Å². The van der Waals surface area contributed by atoms with Crippen LogP contribution in [0.5, 0.6) is 0 Å². The van der Waals surface area contributed by atoms with Gasteiger partial charge < -0.3 is 20.2 Å². The standard InChI is InChI=1S/C14H20N2O3/c17-12(13-2-1-3-19-13)8-15-11-4-9-6-14(18)16-7-10(9)5-11/h1-3,9-12,15,17H,4-8H2,(H,16,18)/t9-,10+,11?,12?/m0/s1. The zero-order valence-electron chi connectivity index (χ0n) is 10.8. The summed E-state index contributed by atoms with van der Waals surface area (Å²) in [6.45, 7) is 1.31. The first-order chi connectivity index (χ1) is 9.22. The number of rotatable bonds is 4. The molecule has 0 radical (unpaired) electrons. The third kappa shape index (κ3) is 2.82. The second-order valence-electron chi connectivity index (χ2n) is 5.64. The lowest BCUT2D eigenvalue weighted by atomic mass is 9.89. The molecule has 1 amide bonds. The molecule has 0 bridgehead atoms. The van der Waals surface area contributed by atoms with Crippen LogP contribution in [0.15, 0.2) is 22.8 Å². The topological polar surface area (TPSA) is 74.5 Å². The second-order valence-corrected chi connectivity index (χ2v) is 5.64. The van der Waals surface area contributed by atoms with Crippen molar-refractivity contribution in [1.29, 1.82) is 0 Å². The zero-order valence-corrected chi connectivity index (χ0v) is 10.8. The Morgan fingerprint density at radius 2 is 2.32 bits per heavy atom. The third-order valence-corrected chi connectivity index (χ3v) is 4.32.